The van der Waals surface area contributed by atoms with Gasteiger partial charge >= 0.3 is 5.97 Å². The first kappa shape index (κ1) is 16.0. The van der Waals surface area contributed by atoms with E-state index in [4.69, 9.17) is 27.9 Å². The van der Waals surface area contributed by atoms with Gasteiger partial charge in [0.25, 0.3) is 5.69 Å². The number of nitro groups is 1. The van der Waals surface area contributed by atoms with Gasteiger partial charge in [0, 0.05) is 12.1 Å². The lowest BCUT2D eigenvalue weighted by atomic mass is 10.1. The summed E-state index contributed by atoms with van der Waals surface area (Å²) in [5.41, 5.74) is -0.336. The van der Waals surface area contributed by atoms with E-state index < -0.39 is 10.9 Å². The van der Waals surface area contributed by atoms with Crippen molar-refractivity contribution in [3.63, 3.8) is 0 Å². The Bertz CT molecular complexity index is 554. The third-order valence-corrected chi connectivity index (χ3v) is 4.32. The van der Waals surface area contributed by atoms with Crippen molar-refractivity contribution in [3.8, 4) is 0 Å². The van der Waals surface area contributed by atoms with Crippen molar-refractivity contribution in [1.29, 1.82) is 0 Å². The zero-order chi connectivity index (χ0) is 15.4. The van der Waals surface area contributed by atoms with Gasteiger partial charge in [0.1, 0.15) is 6.10 Å². The van der Waals surface area contributed by atoms with Crippen LogP contribution < -0.4 is 0 Å². The van der Waals surface area contributed by atoms with Gasteiger partial charge in [-0.3, -0.25) is 10.1 Å². The minimum Gasteiger partial charge on any atom is -0.459 e. The summed E-state index contributed by atoms with van der Waals surface area (Å²) in [6.45, 7) is 0. The lowest BCUT2D eigenvalue weighted by molar-refractivity contribution is -0.384. The quantitative estimate of drug-likeness (QED) is 0.346. The molecule has 1 aliphatic rings. The summed E-state index contributed by atoms with van der Waals surface area (Å²) in [6.07, 6.45) is 5.77. The molecular formula is C14H15Cl2NO4. The lowest BCUT2D eigenvalue weighted by Gasteiger charge is -2.16. The molecule has 114 valence electrons. The van der Waals surface area contributed by atoms with Crippen molar-refractivity contribution in [3.05, 3.63) is 37.9 Å². The normalized spacial score (nSPS) is 16.3. The summed E-state index contributed by atoms with van der Waals surface area (Å²) in [5.74, 6) is -0.655. The Kier molecular flexibility index (Phi) is 5.42. The van der Waals surface area contributed by atoms with Crippen LogP contribution in [-0.2, 0) is 4.74 Å². The van der Waals surface area contributed by atoms with Gasteiger partial charge in [-0.1, -0.05) is 36.0 Å². The number of carbonyl (C=O) groups is 1. The number of benzene rings is 1. The number of hydrogen-bond donors (Lipinski definition) is 0. The number of hydrogen-bond acceptors (Lipinski definition) is 4. The zero-order valence-corrected chi connectivity index (χ0v) is 12.8. The summed E-state index contributed by atoms with van der Waals surface area (Å²) in [5, 5.41) is 10.8. The predicted octanol–water partition coefficient (Wildman–Crippen LogP) is 4.78. The summed E-state index contributed by atoms with van der Waals surface area (Å²) >= 11 is 11.8. The fourth-order valence-corrected chi connectivity index (χ4v) is 2.80. The SMILES string of the molecule is O=C(OC1CCCCCC1)c1cc([N+](=O)[O-])cc(Cl)c1Cl. The summed E-state index contributed by atoms with van der Waals surface area (Å²) < 4.78 is 5.42. The standard InChI is InChI=1S/C14H15Cl2NO4/c15-12-8-9(17(19)20)7-11(13(12)16)14(18)21-10-5-3-1-2-4-6-10/h7-8,10H,1-6H2. The highest BCUT2D eigenvalue weighted by Gasteiger charge is 2.23. The molecule has 0 unspecified atom stereocenters. The smallest absolute Gasteiger partial charge is 0.340 e. The van der Waals surface area contributed by atoms with E-state index in [9.17, 15) is 14.9 Å². The number of rotatable bonds is 3. The van der Waals surface area contributed by atoms with Gasteiger partial charge in [0.15, 0.2) is 0 Å². The van der Waals surface area contributed by atoms with Crippen molar-refractivity contribution < 1.29 is 14.5 Å². The Morgan fingerprint density at radius 1 is 1.19 bits per heavy atom. The van der Waals surface area contributed by atoms with E-state index in [-0.39, 0.29) is 27.4 Å². The number of esters is 1. The minimum absolute atomic E-state index is 0.0131. The molecule has 0 bridgehead atoms. The van der Waals surface area contributed by atoms with Gasteiger partial charge in [-0.25, -0.2) is 4.79 Å². The van der Waals surface area contributed by atoms with Crippen LogP contribution in [0.5, 0.6) is 0 Å². The van der Waals surface area contributed by atoms with Gasteiger partial charge in [0.05, 0.1) is 20.5 Å². The maximum atomic E-state index is 12.2. The molecule has 7 heteroatoms. The average Bonchev–Trinajstić information content (AvgIpc) is 2.69. The van der Waals surface area contributed by atoms with Gasteiger partial charge in [-0.15, -0.1) is 0 Å². The van der Waals surface area contributed by atoms with E-state index >= 15 is 0 Å². The molecular weight excluding hydrogens is 317 g/mol. The van der Waals surface area contributed by atoms with Crippen LogP contribution in [0.25, 0.3) is 0 Å². The molecule has 0 atom stereocenters. The van der Waals surface area contributed by atoms with Gasteiger partial charge < -0.3 is 4.74 Å². The van der Waals surface area contributed by atoms with E-state index in [1.807, 2.05) is 0 Å². The predicted molar refractivity (Wildman–Crippen MR) is 80.0 cm³/mol. The van der Waals surface area contributed by atoms with Gasteiger partial charge in [0.2, 0.25) is 0 Å². The van der Waals surface area contributed by atoms with E-state index in [0.29, 0.717) is 0 Å². The molecule has 1 saturated carbocycles. The largest absolute Gasteiger partial charge is 0.459 e. The molecule has 0 radical (unpaired) electrons. The second-order valence-corrected chi connectivity index (χ2v) is 5.85. The first-order chi connectivity index (χ1) is 9.99. The molecule has 5 nitrogen and oxygen atoms in total. The molecule has 0 spiro atoms. The monoisotopic (exact) mass is 331 g/mol. The first-order valence-corrected chi connectivity index (χ1v) is 7.59. The third kappa shape index (κ3) is 4.08. The maximum absolute atomic E-state index is 12.2. The fourth-order valence-electron chi connectivity index (χ4n) is 2.40. The molecule has 1 aromatic carbocycles. The van der Waals surface area contributed by atoms with E-state index in [0.717, 1.165) is 50.7 Å². The highest BCUT2D eigenvalue weighted by molar-refractivity contribution is 6.43. The van der Waals surface area contributed by atoms with Crippen LogP contribution in [0.1, 0.15) is 48.9 Å². The molecule has 1 aliphatic carbocycles. The molecule has 0 aromatic heterocycles. The van der Waals surface area contributed by atoms with Crippen LogP contribution in [0, 0.1) is 10.1 Å². The van der Waals surface area contributed by atoms with Crippen LogP contribution in [0.4, 0.5) is 5.69 Å². The molecule has 2 rings (SSSR count). The van der Waals surface area contributed by atoms with Gasteiger partial charge in [-0.2, -0.15) is 0 Å². The average molecular weight is 332 g/mol. The molecule has 1 fully saturated rings. The Balaban J connectivity index is 2.19. The number of ether oxygens (including phenoxy) is 1. The Morgan fingerprint density at radius 2 is 1.81 bits per heavy atom. The van der Waals surface area contributed by atoms with Crippen molar-refractivity contribution >= 4 is 34.9 Å². The molecule has 0 aliphatic heterocycles. The topological polar surface area (TPSA) is 69.4 Å². The van der Waals surface area contributed by atoms with E-state index in [2.05, 4.69) is 0 Å². The number of non-ortho nitro benzene ring substituents is 1. The third-order valence-electron chi connectivity index (χ3n) is 3.52. The minimum atomic E-state index is -0.655. The Labute approximate surface area is 132 Å². The summed E-state index contributed by atoms with van der Waals surface area (Å²) in [7, 11) is 0. The molecule has 0 heterocycles. The molecule has 0 amide bonds. The van der Waals surface area contributed by atoms with Crippen molar-refractivity contribution in [2.75, 3.05) is 0 Å². The number of halogens is 2. The number of nitrogens with zero attached hydrogens (tertiary/aromatic N) is 1. The lowest BCUT2D eigenvalue weighted by Crippen LogP contribution is -2.18. The van der Waals surface area contributed by atoms with Crippen LogP contribution in [-0.4, -0.2) is 17.0 Å². The first-order valence-electron chi connectivity index (χ1n) is 6.83. The van der Waals surface area contributed by atoms with E-state index in [1.54, 1.807) is 0 Å². The van der Waals surface area contributed by atoms with E-state index in [1.165, 1.54) is 0 Å². The fraction of sp³-hybridized carbons (Fsp3) is 0.500. The van der Waals surface area contributed by atoms with Crippen LogP contribution in [0.15, 0.2) is 12.1 Å². The Hall–Kier alpha value is -1.33. The highest BCUT2D eigenvalue weighted by Crippen LogP contribution is 2.32. The van der Waals surface area contributed by atoms with Crippen molar-refractivity contribution in [1.82, 2.24) is 0 Å². The van der Waals surface area contributed by atoms with Crippen LogP contribution >= 0.6 is 23.2 Å². The summed E-state index contributed by atoms with van der Waals surface area (Å²) in [6, 6.07) is 2.22. The van der Waals surface area contributed by atoms with Crippen LogP contribution in [0.3, 0.4) is 0 Å². The van der Waals surface area contributed by atoms with Crippen molar-refractivity contribution in [2.24, 2.45) is 0 Å². The molecule has 0 saturated heterocycles. The Morgan fingerprint density at radius 3 is 2.38 bits per heavy atom. The maximum Gasteiger partial charge on any atom is 0.340 e. The number of nitro benzene ring substituents is 1. The molecule has 21 heavy (non-hydrogen) atoms. The van der Waals surface area contributed by atoms with Crippen LogP contribution in [0.2, 0.25) is 10.0 Å². The molecule has 0 N–H and O–H groups in total. The summed E-state index contributed by atoms with van der Waals surface area (Å²) in [4.78, 5) is 22.4. The second-order valence-electron chi connectivity index (χ2n) is 5.07. The second kappa shape index (κ2) is 7.09. The highest BCUT2D eigenvalue weighted by atomic mass is 35.5. The van der Waals surface area contributed by atoms with Gasteiger partial charge in [-0.05, 0) is 25.7 Å². The van der Waals surface area contributed by atoms with Crippen molar-refractivity contribution in [2.45, 2.75) is 44.6 Å². The number of carbonyl (C=O) groups excluding carboxylic acids is 1. The molecule has 1 aromatic rings. The zero-order valence-electron chi connectivity index (χ0n) is 11.3.